The summed E-state index contributed by atoms with van der Waals surface area (Å²) >= 11 is 4.84. The van der Waals surface area contributed by atoms with Crippen LogP contribution in [0.3, 0.4) is 0 Å². The van der Waals surface area contributed by atoms with Crippen LogP contribution in [0.4, 0.5) is 0 Å². The van der Waals surface area contributed by atoms with Crippen LogP contribution in [0, 0.1) is 0 Å². The predicted octanol–water partition coefficient (Wildman–Crippen LogP) is 2.32. The molecule has 2 nitrogen and oxygen atoms in total. The standard InChI is InChI=1S/C5H4BrNOS/c6-5-1-4(2-7-8)3-9-5/h1-3,8H/b7-2-. The topological polar surface area (TPSA) is 32.6 Å². The molecule has 0 aliphatic rings. The highest BCUT2D eigenvalue weighted by Crippen LogP contribution is 2.19. The van der Waals surface area contributed by atoms with Crippen molar-refractivity contribution in [3.05, 3.63) is 20.8 Å². The molecule has 1 N–H and O–H groups in total. The summed E-state index contributed by atoms with van der Waals surface area (Å²) in [5.74, 6) is 0. The van der Waals surface area contributed by atoms with E-state index in [1.165, 1.54) is 6.21 Å². The lowest BCUT2D eigenvalue weighted by atomic mass is 10.4. The number of nitrogens with zero attached hydrogens (tertiary/aromatic N) is 1. The zero-order valence-corrected chi connectivity index (χ0v) is 6.82. The molecule has 1 aromatic rings. The molecule has 0 amide bonds. The molecule has 1 aromatic heterocycles. The predicted molar refractivity (Wildman–Crippen MR) is 41.4 cm³/mol. The van der Waals surface area contributed by atoms with E-state index in [0.29, 0.717) is 0 Å². The van der Waals surface area contributed by atoms with E-state index in [2.05, 4.69) is 21.1 Å². The molecule has 4 heteroatoms. The summed E-state index contributed by atoms with van der Waals surface area (Å²) in [6.07, 6.45) is 1.39. The van der Waals surface area contributed by atoms with Crippen molar-refractivity contribution < 1.29 is 5.21 Å². The highest BCUT2D eigenvalue weighted by Gasteiger charge is 1.91. The zero-order valence-electron chi connectivity index (χ0n) is 4.41. The maximum atomic E-state index is 8.09. The SMILES string of the molecule is O/N=C\c1csc(Br)c1. The van der Waals surface area contributed by atoms with Gasteiger partial charge in [0, 0.05) is 10.9 Å². The summed E-state index contributed by atoms with van der Waals surface area (Å²) in [6.45, 7) is 0. The molecule has 0 atom stereocenters. The molecule has 9 heavy (non-hydrogen) atoms. The van der Waals surface area contributed by atoms with Gasteiger partial charge in [-0.25, -0.2) is 0 Å². The van der Waals surface area contributed by atoms with Crippen LogP contribution >= 0.6 is 27.3 Å². The highest BCUT2D eigenvalue weighted by atomic mass is 79.9. The molecular weight excluding hydrogens is 202 g/mol. The normalized spacial score (nSPS) is 10.8. The Bertz CT molecular complexity index is 220. The van der Waals surface area contributed by atoms with Gasteiger partial charge in [0.2, 0.25) is 0 Å². The fraction of sp³-hybridized carbons (Fsp3) is 0. The van der Waals surface area contributed by atoms with Gasteiger partial charge in [-0.2, -0.15) is 0 Å². The van der Waals surface area contributed by atoms with Crippen LogP contribution in [-0.2, 0) is 0 Å². The largest absolute Gasteiger partial charge is 0.411 e. The van der Waals surface area contributed by atoms with Crippen molar-refractivity contribution >= 4 is 33.5 Å². The van der Waals surface area contributed by atoms with Crippen molar-refractivity contribution in [1.29, 1.82) is 0 Å². The lowest BCUT2D eigenvalue weighted by Gasteiger charge is -1.74. The molecule has 48 valence electrons. The van der Waals surface area contributed by atoms with Gasteiger partial charge in [0.15, 0.2) is 0 Å². The minimum Gasteiger partial charge on any atom is -0.411 e. The van der Waals surface area contributed by atoms with Crippen molar-refractivity contribution in [3.63, 3.8) is 0 Å². The molecule has 1 heterocycles. The van der Waals surface area contributed by atoms with E-state index in [-0.39, 0.29) is 0 Å². The average Bonchev–Trinajstić information content (AvgIpc) is 2.17. The molecule has 0 saturated carbocycles. The Morgan fingerprint density at radius 3 is 3.00 bits per heavy atom. The Labute approximate surface area is 64.9 Å². The van der Waals surface area contributed by atoms with E-state index in [4.69, 9.17) is 5.21 Å². The summed E-state index contributed by atoms with van der Waals surface area (Å²) in [4.78, 5) is 0. The quantitative estimate of drug-likeness (QED) is 0.426. The Kier molecular flexibility index (Phi) is 2.24. The molecule has 0 aliphatic carbocycles. The third-order valence-corrected chi connectivity index (χ3v) is 2.32. The van der Waals surface area contributed by atoms with Crippen LogP contribution in [0.15, 0.2) is 20.4 Å². The van der Waals surface area contributed by atoms with E-state index in [9.17, 15) is 0 Å². The van der Waals surface area contributed by atoms with Gasteiger partial charge >= 0.3 is 0 Å². The van der Waals surface area contributed by atoms with Gasteiger partial charge < -0.3 is 5.21 Å². The van der Waals surface area contributed by atoms with Gasteiger partial charge in [-0.1, -0.05) is 5.16 Å². The molecule has 0 fully saturated rings. The number of hydrogen-bond acceptors (Lipinski definition) is 3. The van der Waals surface area contributed by atoms with Crippen molar-refractivity contribution in [2.24, 2.45) is 5.16 Å². The molecular formula is C5H4BrNOS. The number of thiophene rings is 1. The van der Waals surface area contributed by atoms with E-state index in [1.54, 1.807) is 11.3 Å². The van der Waals surface area contributed by atoms with Crippen LogP contribution < -0.4 is 0 Å². The lowest BCUT2D eigenvalue weighted by molar-refractivity contribution is 0.322. The van der Waals surface area contributed by atoms with E-state index < -0.39 is 0 Å². The van der Waals surface area contributed by atoms with Crippen LogP contribution in [0.1, 0.15) is 5.56 Å². The minimum atomic E-state index is 0.911. The summed E-state index contributed by atoms with van der Waals surface area (Å²) in [6, 6.07) is 1.88. The monoisotopic (exact) mass is 205 g/mol. The molecule has 0 aliphatic heterocycles. The molecule has 0 radical (unpaired) electrons. The third kappa shape index (κ3) is 1.80. The molecule has 1 rings (SSSR count). The van der Waals surface area contributed by atoms with Crippen molar-refractivity contribution in [2.75, 3.05) is 0 Å². The van der Waals surface area contributed by atoms with Crippen LogP contribution in [0.2, 0.25) is 0 Å². The van der Waals surface area contributed by atoms with E-state index in [0.717, 1.165) is 9.35 Å². The lowest BCUT2D eigenvalue weighted by Crippen LogP contribution is -1.70. The van der Waals surface area contributed by atoms with Gasteiger partial charge in [0.05, 0.1) is 10.0 Å². The van der Waals surface area contributed by atoms with Gasteiger partial charge in [-0.05, 0) is 22.0 Å². The molecule has 0 unspecified atom stereocenters. The van der Waals surface area contributed by atoms with E-state index >= 15 is 0 Å². The van der Waals surface area contributed by atoms with Crippen LogP contribution in [-0.4, -0.2) is 11.4 Å². The first-order valence-electron chi connectivity index (χ1n) is 2.24. The Morgan fingerprint density at radius 1 is 1.78 bits per heavy atom. The number of oxime groups is 1. The van der Waals surface area contributed by atoms with Crippen LogP contribution in [0.25, 0.3) is 0 Å². The van der Waals surface area contributed by atoms with Gasteiger partial charge in [-0.3, -0.25) is 0 Å². The maximum absolute atomic E-state index is 8.09. The first-order chi connectivity index (χ1) is 4.33. The minimum absolute atomic E-state index is 0.911. The van der Waals surface area contributed by atoms with Crippen LogP contribution in [0.5, 0.6) is 0 Å². The number of halogens is 1. The van der Waals surface area contributed by atoms with E-state index in [1.807, 2.05) is 11.4 Å². The third-order valence-electron chi connectivity index (χ3n) is 0.795. The Morgan fingerprint density at radius 2 is 2.56 bits per heavy atom. The zero-order chi connectivity index (χ0) is 6.69. The molecule has 0 aromatic carbocycles. The van der Waals surface area contributed by atoms with Gasteiger partial charge in [0.25, 0.3) is 0 Å². The fourth-order valence-corrected chi connectivity index (χ4v) is 1.58. The van der Waals surface area contributed by atoms with Crippen molar-refractivity contribution in [1.82, 2.24) is 0 Å². The van der Waals surface area contributed by atoms with Gasteiger partial charge in [-0.15, -0.1) is 11.3 Å². The van der Waals surface area contributed by atoms with Crippen molar-refractivity contribution in [2.45, 2.75) is 0 Å². The molecule has 0 spiro atoms. The molecule has 0 saturated heterocycles. The second-order valence-corrected chi connectivity index (χ2v) is 3.72. The summed E-state index contributed by atoms with van der Waals surface area (Å²) < 4.78 is 1.04. The van der Waals surface area contributed by atoms with Crippen molar-refractivity contribution in [3.8, 4) is 0 Å². The first kappa shape index (κ1) is 6.77. The summed E-state index contributed by atoms with van der Waals surface area (Å²) in [5.41, 5.74) is 0.911. The fourth-order valence-electron chi connectivity index (χ4n) is 0.458. The second-order valence-electron chi connectivity index (χ2n) is 1.43. The number of rotatable bonds is 1. The first-order valence-corrected chi connectivity index (χ1v) is 3.91. The summed E-state index contributed by atoms with van der Waals surface area (Å²) in [5, 5.41) is 12.9. The Balaban J connectivity index is 2.85. The highest BCUT2D eigenvalue weighted by molar-refractivity contribution is 9.11. The average molecular weight is 206 g/mol. The maximum Gasteiger partial charge on any atom is 0.0742 e. The molecule has 0 bridgehead atoms. The smallest absolute Gasteiger partial charge is 0.0742 e. The Hall–Kier alpha value is -0.350. The number of hydrogen-bond donors (Lipinski definition) is 1. The van der Waals surface area contributed by atoms with Gasteiger partial charge in [0.1, 0.15) is 0 Å². The second kappa shape index (κ2) is 2.98. The summed E-state index contributed by atoms with van der Waals surface area (Å²) in [7, 11) is 0.